The van der Waals surface area contributed by atoms with Crippen LogP contribution in [0.4, 0.5) is 4.39 Å². The van der Waals surface area contributed by atoms with Crippen LogP contribution in [-0.2, 0) is 9.53 Å². The van der Waals surface area contributed by atoms with Gasteiger partial charge in [0, 0.05) is 31.1 Å². The predicted octanol–water partition coefficient (Wildman–Crippen LogP) is 2.44. The van der Waals surface area contributed by atoms with Gasteiger partial charge in [0.1, 0.15) is 16.8 Å². The smallest absolute Gasteiger partial charge is 0.313 e. The Morgan fingerprint density at radius 1 is 1.46 bits per heavy atom. The Morgan fingerprint density at radius 2 is 2.21 bits per heavy atom. The molecule has 2 heterocycles. The molecule has 1 aliphatic rings. The molecule has 7 heteroatoms. The fourth-order valence-corrected chi connectivity index (χ4v) is 3.22. The monoisotopic (exact) mass is 335 g/mol. The number of rotatable bonds is 4. The molecule has 1 aromatic carbocycles. The number of aryl methyl sites for hydroxylation is 1. The van der Waals surface area contributed by atoms with Crippen LogP contribution in [0.2, 0.25) is 0 Å². The standard InChI is InChI=1S/C17H18FNO5/c1-10-12-7-11(18)3-4-13(12)24-14(10)15(20)19-6-5-17(8-19,9-23-2)16(21)22/h3-4,7H,5-6,8-9H2,1-2H3,(H,21,22). The van der Waals surface area contributed by atoms with Crippen LogP contribution in [0.25, 0.3) is 11.0 Å². The van der Waals surface area contributed by atoms with Crippen LogP contribution in [-0.4, -0.2) is 48.7 Å². The molecule has 0 bridgehead atoms. The van der Waals surface area contributed by atoms with Crippen molar-refractivity contribution in [3.63, 3.8) is 0 Å². The zero-order valence-corrected chi connectivity index (χ0v) is 13.5. The van der Waals surface area contributed by atoms with E-state index < -0.39 is 17.2 Å². The van der Waals surface area contributed by atoms with Crippen LogP contribution in [0.5, 0.6) is 0 Å². The van der Waals surface area contributed by atoms with Crippen LogP contribution in [0.15, 0.2) is 22.6 Å². The van der Waals surface area contributed by atoms with E-state index in [0.717, 1.165) is 0 Å². The third-order valence-electron chi connectivity index (χ3n) is 4.61. The molecule has 3 rings (SSSR count). The van der Waals surface area contributed by atoms with E-state index in [-0.39, 0.29) is 24.8 Å². The molecule has 6 nitrogen and oxygen atoms in total. The molecule has 1 aliphatic heterocycles. The number of furan rings is 1. The van der Waals surface area contributed by atoms with Crippen molar-refractivity contribution in [3.05, 3.63) is 35.3 Å². The number of carboxylic acids is 1. The van der Waals surface area contributed by atoms with Gasteiger partial charge in [-0.05, 0) is 31.5 Å². The van der Waals surface area contributed by atoms with Crippen LogP contribution >= 0.6 is 0 Å². The van der Waals surface area contributed by atoms with Gasteiger partial charge in [0.05, 0.1) is 6.61 Å². The summed E-state index contributed by atoms with van der Waals surface area (Å²) in [6.07, 6.45) is 0.315. The third-order valence-corrected chi connectivity index (χ3v) is 4.61. The number of nitrogens with zero attached hydrogens (tertiary/aromatic N) is 1. The van der Waals surface area contributed by atoms with Crippen LogP contribution in [0, 0.1) is 18.2 Å². The Labute approximate surface area is 137 Å². The summed E-state index contributed by atoms with van der Waals surface area (Å²) in [6.45, 7) is 2.09. The number of aliphatic carboxylic acids is 1. The van der Waals surface area contributed by atoms with Crippen LogP contribution in [0.3, 0.4) is 0 Å². The van der Waals surface area contributed by atoms with Gasteiger partial charge in [0.25, 0.3) is 5.91 Å². The molecule has 1 N–H and O–H groups in total. The molecule has 1 fully saturated rings. The number of methoxy groups -OCH3 is 1. The SMILES string of the molecule is COCC1(C(=O)O)CCN(C(=O)c2oc3ccc(F)cc3c2C)C1. The van der Waals surface area contributed by atoms with Crippen molar-refractivity contribution in [2.45, 2.75) is 13.3 Å². The zero-order valence-electron chi connectivity index (χ0n) is 13.5. The number of halogens is 1. The van der Waals surface area contributed by atoms with Gasteiger partial charge in [-0.2, -0.15) is 0 Å². The van der Waals surface area contributed by atoms with Crippen molar-refractivity contribution in [1.29, 1.82) is 0 Å². The van der Waals surface area contributed by atoms with Crippen molar-refractivity contribution in [2.24, 2.45) is 5.41 Å². The topological polar surface area (TPSA) is 80.0 Å². The number of carboxylic acid groups (broad SMARTS) is 1. The van der Waals surface area contributed by atoms with Gasteiger partial charge < -0.3 is 19.2 Å². The van der Waals surface area contributed by atoms with Crippen molar-refractivity contribution in [3.8, 4) is 0 Å². The molecule has 1 unspecified atom stereocenters. The highest BCUT2D eigenvalue weighted by atomic mass is 19.1. The Morgan fingerprint density at radius 3 is 2.88 bits per heavy atom. The molecule has 1 amide bonds. The van der Waals surface area contributed by atoms with Gasteiger partial charge in [-0.1, -0.05) is 0 Å². The lowest BCUT2D eigenvalue weighted by Gasteiger charge is -2.23. The molecule has 128 valence electrons. The summed E-state index contributed by atoms with van der Waals surface area (Å²) < 4.78 is 24.0. The first-order valence-electron chi connectivity index (χ1n) is 7.58. The Balaban J connectivity index is 1.90. The summed E-state index contributed by atoms with van der Waals surface area (Å²) in [5.41, 5.74) is -0.122. The summed E-state index contributed by atoms with van der Waals surface area (Å²) >= 11 is 0. The molecule has 1 atom stereocenters. The molecule has 1 aromatic heterocycles. The highest BCUT2D eigenvalue weighted by molar-refractivity contribution is 5.99. The fraction of sp³-hybridized carbons (Fsp3) is 0.412. The van der Waals surface area contributed by atoms with Gasteiger partial charge >= 0.3 is 5.97 Å². The summed E-state index contributed by atoms with van der Waals surface area (Å²) in [5, 5.41) is 10.0. The minimum atomic E-state index is -1.10. The molecule has 0 saturated carbocycles. The second-order valence-electron chi connectivity index (χ2n) is 6.19. The number of amides is 1. The Bertz CT molecular complexity index is 815. The average Bonchev–Trinajstić information content (AvgIpc) is 3.11. The number of fused-ring (bicyclic) bond motifs is 1. The lowest BCUT2D eigenvalue weighted by molar-refractivity contribution is -0.151. The number of carbonyl (C=O) groups excluding carboxylic acids is 1. The summed E-state index contributed by atoms with van der Waals surface area (Å²) in [7, 11) is 1.44. The number of hydrogen-bond acceptors (Lipinski definition) is 4. The highest BCUT2D eigenvalue weighted by Crippen LogP contribution is 2.34. The molecule has 24 heavy (non-hydrogen) atoms. The predicted molar refractivity (Wildman–Crippen MR) is 83.4 cm³/mol. The van der Waals surface area contributed by atoms with Crippen molar-refractivity contribution in [1.82, 2.24) is 4.90 Å². The summed E-state index contributed by atoms with van der Waals surface area (Å²) in [5.74, 6) is -1.66. The number of benzene rings is 1. The lowest BCUT2D eigenvalue weighted by atomic mass is 9.88. The van der Waals surface area contributed by atoms with E-state index in [1.165, 1.54) is 30.2 Å². The quantitative estimate of drug-likeness (QED) is 0.928. The highest BCUT2D eigenvalue weighted by Gasteiger charge is 2.47. The normalized spacial score (nSPS) is 20.7. The largest absolute Gasteiger partial charge is 0.481 e. The maximum Gasteiger partial charge on any atom is 0.313 e. The maximum absolute atomic E-state index is 13.4. The van der Waals surface area contributed by atoms with Gasteiger partial charge in [0.2, 0.25) is 0 Å². The van der Waals surface area contributed by atoms with Crippen LogP contribution < -0.4 is 0 Å². The minimum absolute atomic E-state index is 0.0381. The first-order chi connectivity index (χ1) is 11.4. The third kappa shape index (κ3) is 2.54. The van der Waals surface area contributed by atoms with Gasteiger partial charge in [-0.25, -0.2) is 4.39 Å². The second kappa shape index (κ2) is 5.90. The number of hydrogen-bond donors (Lipinski definition) is 1. The second-order valence-corrected chi connectivity index (χ2v) is 6.19. The zero-order chi connectivity index (χ0) is 17.5. The lowest BCUT2D eigenvalue weighted by Crippen LogP contribution is -2.40. The maximum atomic E-state index is 13.4. The average molecular weight is 335 g/mol. The van der Waals surface area contributed by atoms with E-state index in [1.54, 1.807) is 6.92 Å². The minimum Gasteiger partial charge on any atom is -0.481 e. The van der Waals surface area contributed by atoms with Crippen LogP contribution in [0.1, 0.15) is 22.5 Å². The molecule has 0 aliphatic carbocycles. The van der Waals surface area contributed by atoms with E-state index in [2.05, 4.69) is 0 Å². The van der Waals surface area contributed by atoms with Crippen molar-refractivity contribution >= 4 is 22.8 Å². The summed E-state index contributed by atoms with van der Waals surface area (Å²) in [4.78, 5) is 25.8. The molecule has 2 aromatic rings. The van der Waals surface area contributed by atoms with Gasteiger partial charge in [-0.3, -0.25) is 9.59 Å². The van der Waals surface area contributed by atoms with E-state index in [1.807, 2.05) is 0 Å². The van der Waals surface area contributed by atoms with E-state index in [0.29, 0.717) is 29.5 Å². The van der Waals surface area contributed by atoms with E-state index in [4.69, 9.17) is 9.15 Å². The number of carbonyl (C=O) groups is 2. The molecule has 1 saturated heterocycles. The fourth-order valence-electron chi connectivity index (χ4n) is 3.22. The van der Waals surface area contributed by atoms with E-state index in [9.17, 15) is 19.1 Å². The van der Waals surface area contributed by atoms with Crippen molar-refractivity contribution in [2.75, 3.05) is 26.8 Å². The van der Waals surface area contributed by atoms with Crippen molar-refractivity contribution < 1.29 is 28.2 Å². The van der Waals surface area contributed by atoms with Gasteiger partial charge in [0.15, 0.2) is 5.76 Å². The number of ether oxygens (including phenoxy) is 1. The molecular weight excluding hydrogens is 317 g/mol. The molecule has 0 spiro atoms. The van der Waals surface area contributed by atoms with Gasteiger partial charge in [-0.15, -0.1) is 0 Å². The Kier molecular flexibility index (Phi) is 4.04. The van der Waals surface area contributed by atoms with E-state index >= 15 is 0 Å². The first kappa shape index (κ1) is 16.4. The first-order valence-corrected chi connectivity index (χ1v) is 7.58. The molecule has 0 radical (unpaired) electrons. The summed E-state index contributed by atoms with van der Waals surface area (Å²) in [6, 6.07) is 4.07. The number of likely N-dealkylation sites (tertiary alicyclic amines) is 1. The molecular formula is C17H18FNO5. The Hall–Kier alpha value is -2.41.